The van der Waals surface area contributed by atoms with Crippen LogP contribution in [0.3, 0.4) is 0 Å². The molecule has 2 aromatic rings. The topological polar surface area (TPSA) is 75.7 Å². The minimum absolute atomic E-state index is 0.0127. The Kier molecular flexibility index (Phi) is 6.21. The number of carbonyl (C=O) groups excluding carboxylic acids is 3. The average molecular weight is 421 g/mol. The monoisotopic (exact) mass is 420 g/mol. The summed E-state index contributed by atoms with van der Waals surface area (Å²) in [5.74, 6) is -1.98. The quantitative estimate of drug-likeness (QED) is 0.745. The number of carbonyl (C=O) groups is 3. The fraction of sp³-hybridized carbons (Fsp3) is 0.250. The number of halogens is 2. The van der Waals surface area contributed by atoms with Gasteiger partial charge >= 0.3 is 5.97 Å². The van der Waals surface area contributed by atoms with E-state index < -0.39 is 24.4 Å². The summed E-state index contributed by atoms with van der Waals surface area (Å²) in [6.07, 6.45) is -0.0127. The highest BCUT2D eigenvalue weighted by atomic mass is 35.5. The first-order chi connectivity index (χ1) is 13.3. The Labute approximate surface area is 172 Å². The Morgan fingerprint density at radius 2 is 2.00 bits per heavy atom. The van der Waals surface area contributed by atoms with Crippen molar-refractivity contribution in [1.29, 1.82) is 0 Å². The van der Waals surface area contributed by atoms with Crippen LogP contribution in [-0.2, 0) is 19.1 Å². The van der Waals surface area contributed by atoms with Crippen LogP contribution in [0.2, 0.25) is 10.0 Å². The first-order valence-corrected chi connectivity index (χ1v) is 9.37. The van der Waals surface area contributed by atoms with Crippen molar-refractivity contribution in [1.82, 2.24) is 0 Å². The molecule has 3 rings (SSSR count). The zero-order valence-electron chi connectivity index (χ0n) is 15.1. The molecular weight excluding hydrogens is 403 g/mol. The first-order valence-electron chi connectivity index (χ1n) is 8.62. The maximum absolute atomic E-state index is 12.3. The Morgan fingerprint density at radius 3 is 2.75 bits per heavy atom. The van der Waals surface area contributed by atoms with E-state index in [0.29, 0.717) is 21.4 Å². The van der Waals surface area contributed by atoms with Crippen LogP contribution >= 0.6 is 23.2 Å². The molecule has 1 atom stereocenters. The Morgan fingerprint density at radius 1 is 1.21 bits per heavy atom. The molecule has 0 unspecified atom stereocenters. The number of ether oxygens (including phenoxy) is 1. The minimum Gasteiger partial charge on any atom is -0.455 e. The van der Waals surface area contributed by atoms with Gasteiger partial charge in [0.05, 0.1) is 16.6 Å². The molecule has 28 heavy (non-hydrogen) atoms. The molecule has 2 amide bonds. The van der Waals surface area contributed by atoms with Crippen molar-refractivity contribution in [2.45, 2.75) is 13.3 Å². The highest BCUT2D eigenvalue weighted by Crippen LogP contribution is 2.33. The van der Waals surface area contributed by atoms with E-state index in [4.69, 9.17) is 27.9 Å². The van der Waals surface area contributed by atoms with Crippen LogP contribution in [0.5, 0.6) is 0 Å². The second kappa shape index (κ2) is 8.63. The van der Waals surface area contributed by atoms with Crippen LogP contribution in [0, 0.1) is 12.8 Å². The fourth-order valence-electron chi connectivity index (χ4n) is 2.97. The van der Waals surface area contributed by atoms with Crippen molar-refractivity contribution >= 4 is 52.4 Å². The van der Waals surface area contributed by atoms with E-state index in [2.05, 4.69) is 5.32 Å². The second-order valence-electron chi connectivity index (χ2n) is 6.53. The smallest absolute Gasteiger partial charge is 0.311 e. The van der Waals surface area contributed by atoms with Crippen LogP contribution in [-0.4, -0.2) is 30.9 Å². The molecule has 1 N–H and O–H groups in total. The minimum atomic E-state index is -0.672. The summed E-state index contributed by atoms with van der Waals surface area (Å²) in [7, 11) is 0. The lowest BCUT2D eigenvalue weighted by Gasteiger charge is -2.18. The van der Waals surface area contributed by atoms with E-state index in [0.717, 1.165) is 5.56 Å². The second-order valence-corrected chi connectivity index (χ2v) is 7.37. The van der Waals surface area contributed by atoms with Crippen LogP contribution in [0.15, 0.2) is 42.5 Å². The maximum Gasteiger partial charge on any atom is 0.311 e. The molecule has 0 aromatic heterocycles. The highest BCUT2D eigenvalue weighted by molar-refractivity contribution is 6.35. The van der Waals surface area contributed by atoms with E-state index in [1.165, 1.54) is 4.90 Å². The number of esters is 1. The van der Waals surface area contributed by atoms with Gasteiger partial charge in [0.1, 0.15) is 0 Å². The van der Waals surface area contributed by atoms with E-state index in [-0.39, 0.29) is 18.9 Å². The summed E-state index contributed by atoms with van der Waals surface area (Å²) in [6.45, 7) is 1.61. The molecule has 1 heterocycles. The van der Waals surface area contributed by atoms with Crippen molar-refractivity contribution in [2.24, 2.45) is 5.92 Å². The Hall–Kier alpha value is -2.57. The Balaban J connectivity index is 1.56. The zero-order valence-corrected chi connectivity index (χ0v) is 16.6. The third kappa shape index (κ3) is 4.82. The molecular formula is C20H18Cl2N2O4. The first kappa shape index (κ1) is 20.2. The van der Waals surface area contributed by atoms with Crippen molar-refractivity contribution in [2.75, 3.05) is 23.4 Å². The van der Waals surface area contributed by atoms with E-state index in [1.54, 1.807) is 24.3 Å². The number of anilines is 2. The largest absolute Gasteiger partial charge is 0.455 e. The lowest BCUT2D eigenvalue weighted by Crippen LogP contribution is -2.28. The number of amides is 2. The molecule has 1 aliphatic heterocycles. The zero-order chi connectivity index (χ0) is 20.3. The summed E-state index contributed by atoms with van der Waals surface area (Å²) in [5.41, 5.74) is 2.07. The predicted octanol–water partition coefficient (Wildman–Crippen LogP) is 3.84. The summed E-state index contributed by atoms with van der Waals surface area (Å²) < 4.78 is 5.09. The van der Waals surface area contributed by atoms with Gasteiger partial charge in [0, 0.05) is 23.7 Å². The SMILES string of the molecule is Cc1cccc(NC(=O)COC(=O)[C@@H]2CC(=O)N(c3cc(Cl)ccc3Cl)C2)c1. The number of rotatable bonds is 5. The van der Waals surface area contributed by atoms with Crippen LogP contribution in [0.4, 0.5) is 11.4 Å². The number of nitrogens with zero attached hydrogens (tertiary/aromatic N) is 1. The molecule has 0 radical (unpaired) electrons. The molecule has 0 spiro atoms. The molecule has 0 aliphatic carbocycles. The van der Waals surface area contributed by atoms with Gasteiger partial charge in [-0.25, -0.2) is 0 Å². The van der Waals surface area contributed by atoms with Gasteiger partial charge in [-0.2, -0.15) is 0 Å². The van der Waals surface area contributed by atoms with Gasteiger partial charge in [0.15, 0.2) is 6.61 Å². The molecule has 146 valence electrons. The third-order valence-electron chi connectivity index (χ3n) is 4.30. The molecule has 1 saturated heterocycles. The lowest BCUT2D eigenvalue weighted by atomic mass is 10.1. The number of aryl methyl sites for hydroxylation is 1. The van der Waals surface area contributed by atoms with Crippen molar-refractivity contribution in [3.8, 4) is 0 Å². The van der Waals surface area contributed by atoms with Crippen LogP contribution in [0.1, 0.15) is 12.0 Å². The third-order valence-corrected chi connectivity index (χ3v) is 4.86. The average Bonchev–Trinajstić information content (AvgIpc) is 3.03. The van der Waals surface area contributed by atoms with Gasteiger partial charge in [-0.15, -0.1) is 0 Å². The summed E-state index contributed by atoms with van der Waals surface area (Å²) in [5, 5.41) is 3.46. The standard InChI is InChI=1S/C20H18Cl2N2O4/c1-12-3-2-4-15(7-12)23-18(25)11-28-20(27)13-8-19(26)24(10-13)17-9-14(21)5-6-16(17)22/h2-7,9,13H,8,10-11H2,1H3,(H,23,25)/t13-/m1/s1. The van der Waals surface area contributed by atoms with Crippen molar-refractivity contribution < 1.29 is 19.1 Å². The molecule has 2 aromatic carbocycles. The number of hydrogen-bond donors (Lipinski definition) is 1. The normalized spacial score (nSPS) is 16.2. The Bertz CT molecular complexity index is 932. The maximum atomic E-state index is 12.3. The molecule has 8 heteroatoms. The van der Waals surface area contributed by atoms with E-state index in [1.807, 2.05) is 25.1 Å². The number of hydrogen-bond acceptors (Lipinski definition) is 4. The van der Waals surface area contributed by atoms with Gasteiger partial charge in [0.25, 0.3) is 5.91 Å². The van der Waals surface area contributed by atoms with Crippen molar-refractivity contribution in [3.05, 3.63) is 58.1 Å². The molecule has 1 fully saturated rings. The van der Waals surface area contributed by atoms with E-state index >= 15 is 0 Å². The summed E-state index contributed by atoms with van der Waals surface area (Å²) >= 11 is 12.1. The highest BCUT2D eigenvalue weighted by Gasteiger charge is 2.37. The van der Waals surface area contributed by atoms with Gasteiger partial charge in [-0.05, 0) is 42.8 Å². The number of benzene rings is 2. The fourth-order valence-corrected chi connectivity index (χ4v) is 3.35. The lowest BCUT2D eigenvalue weighted by molar-refractivity contribution is -0.151. The molecule has 1 aliphatic rings. The van der Waals surface area contributed by atoms with Crippen LogP contribution < -0.4 is 10.2 Å². The van der Waals surface area contributed by atoms with Crippen LogP contribution in [0.25, 0.3) is 0 Å². The van der Waals surface area contributed by atoms with Crippen molar-refractivity contribution in [3.63, 3.8) is 0 Å². The molecule has 0 bridgehead atoms. The van der Waals surface area contributed by atoms with Gasteiger partial charge in [-0.3, -0.25) is 14.4 Å². The summed E-state index contributed by atoms with van der Waals surface area (Å²) in [4.78, 5) is 38.0. The van der Waals surface area contributed by atoms with Gasteiger partial charge < -0.3 is 15.0 Å². The number of nitrogens with one attached hydrogen (secondary N) is 1. The molecule has 6 nitrogen and oxygen atoms in total. The van der Waals surface area contributed by atoms with Gasteiger partial charge in [0.2, 0.25) is 5.91 Å². The van der Waals surface area contributed by atoms with E-state index in [9.17, 15) is 14.4 Å². The molecule has 0 saturated carbocycles. The summed E-state index contributed by atoms with van der Waals surface area (Å²) in [6, 6.07) is 12.1. The van der Waals surface area contributed by atoms with Gasteiger partial charge in [-0.1, -0.05) is 35.3 Å². The predicted molar refractivity (Wildman–Crippen MR) is 108 cm³/mol.